The molecule has 1 atom stereocenters. The molecular formula is C11H15NO2S. The molecule has 1 N–H and O–H groups in total. The smallest absolute Gasteiger partial charge is 0.144 e. The van der Waals surface area contributed by atoms with Crippen molar-refractivity contribution in [1.29, 1.82) is 0 Å². The molecule has 0 spiro atoms. The minimum absolute atomic E-state index is 0.181. The quantitative estimate of drug-likeness (QED) is 0.785. The Bertz CT molecular complexity index is 394. The van der Waals surface area contributed by atoms with Gasteiger partial charge in [-0.3, -0.25) is 0 Å². The third-order valence-electron chi connectivity index (χ3n) is 1.69. The Labute approximate surface area is 92.5 Å². The van der Waals surface area contributed by atoms with Crippen LogP contribution in [0.25, 0.3) is 0 Å². The molecule has 4 heteroatoms. The molecule has 0 heterocycles. The summed E-state index contributed by atoms with van der Waals surface area (Å²) < 4.78 is 15.2. The number of benzene rings is 1. The van der Waals surface area contributed by atoms with Crippen molar-refractivity contribution in [3.05, 3.63) is 29.8 Å². The van der Waals surface area contributed by atoms with Crippen LogP contribution in [0.4, 0.5) is 0 Å². The molecule has 1 aromatic rings. The highest BCUT2D eigenvalue weighted by Gasteiger charge is 2.17. The molecule has 0 saturated heterocycles. The minimum atomic E-state index is -1.26. The Kier molecular flexibility index (Phi) is 3.63. The van der Waals surface area contributed by atoms with Crippen molar-refractivity contribution in [2.45, 2.75) is 25.5 Å². The minimum Gasteiger partial charge on any atom is -0.508 e. The molecule has 3 nitrogen and oxygen atoms in total. The van der Waals surface area contributed by atoms with Gasteiger partial charge in [0, 0.05) is 6.21 Å². The fourth-order valence-electron chi connectivity index (χ4n) is 0.872. The molecule has 82 valence electrons. The highest BCUT2D eigenvalue weighted by molar-refractivity contribution is 7.85. The van der Waals surface area contributed by atoms with Gasteiger partial charge >= 0.3 is 0 Å². The zero-order valence-corrected chi connectivity index (χ0v) is 9.91. The van der Waals surface area contributed by atoms with Crippen LogP contribution < -0.4 is 0 Å². The van der Waals surface area contributed by atoms with Crippen molar-refractivity contribution in [2.24, 2.45) is 4.40 Å². The van der Waals surface area contributed by atoms with E-state index in [1.54, 1.807) is 24.3 Å². The van der Waals surface area contributed by atoms with E-state index < -0.39 is 11.0 Å². The largest absolute Gasteiger partial charge is 0.508 e. The van der Waals surface area contributed by atoms with Gasteiger partial charge in [-0.1, -0.05) is 12.1 Å². The average molecular weight is 225 g/mol. The standard InChI is InChI=1S/C11H15NO2S/c1-11(2,3)15(14)12-8-9-5-4-6-10(13)7-9/h4-8,13H,1-3H3/b12-8+/t15-/m1/s1. The summed E-state index contributed by atoms with van der Waals surface area (Å²) in [6.07, 6.45) is 1.51. The van der Waals surface area contributed by atoms with E-state index in [0.717, 1.165) is 5.56 Å². The maximum Gasteiger partial charge on any atom is 0.144 e. The van der Waals surface area contributed by atoms with Crippen molar-refractivity contribution in [3.8, 4) is 5.75 Å². The molecule has 1 rings (SSSR count). The summed E-state index contributed by atoms with van der Waals surface area (Å²) in [7, 11) is -1.26. The van der Waals surface area contributed by atoms with Crippen LogP contribution in [0.15, 0.2) is 28.7 Å². The zero-order valence-electron chi connectivity index (χ0n) is 9.10. The molecule has 0 bridgehead atoms. The summed E-state index contributed by atoms with van der Waals surface area (Å²) in [5, 5.41) is 9.20. The number of hydrogen-bond donors (Lipinski definition) is 1. The Hall–Kier alpha value is -1.16. The van der Waals surface area contributed by atoms with Crippen LogP contribution in [-0.2, 0) is 11.0 Å². The van der Waals surface area contributed by atoms with E-state index in [0.29, 0.717) is 0 Å². The predicted molar refractivity (Wildman–Crippen MR) is 63.6 cm³/mol. The second-order valence-electron chi connectivity index (χ2n) is 4.19. The average Bonchev–Trinajstić information content (AvgIpc) is 2.12. The summed E-state index contributed by atoms with van der Waals surface area (Å²) in [5.74, 6) is 0.181. The van der Waals surface area contributed by atoms with E-state index in [-0.39, 0.29) is 10.5 Å². The van der Waals surface area contributed by atoms with E-state index in [9.17, 15) is 9.32 Å². The summed E-state index contributed by atoms with van der Waals surface area (Å²) in [6.45, 7) is 5.59. The van der Waals surface area contributed by atoms with Crippen LogP contribution in [-0.4, -0.2) is 20.3 Å². The molecule has 1 aromatic carbocycles. The fourth-order valence-corrected chi connectivity index (χ4v) is 1.41. The first-order valence-corrected chi connectivity index (χ1v) is 5.75. The molecule has 0 aliphatic carbocycles. The highest BCUT2D eigenvalue weighted by Crippen LogP contribution is 2.13. The molecule has 0 fully saturated rings. The van der Waals surface area contributed by atoms with Crippen molar-refractivity contribution < 1.29 is 9.32 Å². The first-order valence-electron chi connectivity index (χ1n) is 4.65. The van der Waals surface area contributed by atoms with E-state index in [4.69, 9.17) is 0 Å². The van der Waals surface area contributed by atoms with Gasteiger partial charge in [-0.2, -0.15) is 4.40 Å². The molecular weight excluding hydrogens is 210 g/mol. The van der Waals surface area contributed by atoms with Gasteiger partial charge < -0.3 is 5.11 Å². The summed E-state index contributed by atoms with van der Waals surface area (Å²) in [5.41, 5.74) is 0.743. The molecule has 0 aliphatic rings. The lowest BCUT2D eigenvalue weighted by Gasteiger charge is -2.12. The molecule has 0 aromatic heterocycles. The number of rotatable bonds is 2. The number of phenolic OH excluding ortho intramolecular Hbond substituents is 1. The van der Waals surface area contributed by atoms with Crippen LogP contribution in [0.3, 0.4) is 0 Å². The van der Waals surface area contributed by atoms with Gasteiger partial charge in [-0.05, 0) is 38.5 Å². The van der Waals surface area contributed by atoms with E-state index in [2.05, 4.69) is 4.40 Å². The third-order valence-corrected chi connectivity index (χ3v) is 3.04. The number of nitrogens with zero attached hydrogens (tertiary/aromatic N) is 1. The van der Waals surface area contributed by atoms with Gasteiger partial charge in [-0.25, -0.2) is 4.21 Å². The van der Waals surface area contributed by atoms with Gasteiger partial charge in [0.15, 0.2) is 0 Å². The molecule has 0 radical (unpaired) electrons. The Morgan fingerprint density at radius 2 is 2.07 bits per heavy atom. The lowest BCUT2D eigenvalue weighted by atomic mass is 10.2. The second-order valence-corrected chi connectivity index (χ2v) is 6.12. The van der Waals surface area contributed by atoms with Gasteiger partial charge in [0.2, 0.25) is 0 Å². The van der Waals surface area contributed by atoms with Crippen molar-refractivity contribution >= 4 is 17.2 Å². The molecule has 0 saturated carbocycles. The van der Waals surface area contributed by atoms with Gasteiger partial charge in [-0.15, -0.1) is 0 Å². The number of phenols is 1. The first kappa shape index (κ1) is 11.9. The zero-order chi connectivity index (χ0) is 11.5. The van der Waals surface area contributed by atoms with Gasteiger partial charge in [0.05, 0.1) is 4.75 Å². The Balaban J connectivity index is 2.79. The van der Waals surface area contributed by atoms with Crippen molar-refractivity contribution in [3.63, 3.8) is 0 Å². The van der Waals surface area contributed by atoms with Crippen molar-refractivity contribution in [1.82, 2.24) is 0 Å². The molecule has 15 heavy (non-hydrogen) atoms. The summed E-state index contributed by atoms with van der Waals surface area (Å²) >= 11 is 0. The highest BCUT2D eigenvalue weighted by atomic mass is 32.2. The van der Waals surface area contributed by atoms with E-state index in [1.165, 1.54) is 6.21 Å². The van der Waals surface area contributed by atoms with Crippen molar-refractivity contribution in [2.75, 3.05) is 0 Å². The van der Waals surface area contributed by atoms with E-state index in [1.807, 2.05) is 20.8 Å². The van der Waals surface area contributed by atoms with Crippen LogP contribution in [0.5, 0.6) is 5.75 Å². The summed E-state index contributed by atoms with van der Waals surface area (Å²) in [4.78, 5) is 0. The predicted octanol–water partition coefficient (Wildman–Crippen LogP) is 2.27. The topological polar surface area (TPSA) is 49.7 Å². The second kappa shape index (κ2) is 4.57. The lowest BCUT2D eigenvalue weighted by Crippen LogP contribution is -2.19. The first-order chi connectivity index (χ1) is 6.89. The Morgan fingerprint density at radius 1 is 1.40 bits per heavy atom. The summed E-state index contributed by atoms with van der Waals surface area (Å²) in [6, 6.07) is 6.67. The van der Waals surface area contributed by atoms with Crippen LogP contribution in [0.2, 0.25) is 0 Å². The van der Waals surface area contributed by atoms with Crippen LogP contribution >= 0.6 is 0 Å². The normalized spacial score (nSPS) is 14.3. The SMILES string of the molecule is CC(C)(C)[S@@](=O)/N=C/c1cccc(O)c1. The monoisotopic (exact) mass is 225 g/mol. The Morgan fingerprint density at radius 3 is 2.60 bits per heavy atom. The number of aromatic hydroxyl groups is 1. The fraction of sp³-hybridized carbons (Fsp3) is 0.364. The molecule has 0 aliphatic heterocycles. The number of hydrogen-bond acceptors (Lipinski definition) is 2. The van der Waals surface area contributed by atoms with E-state index >= 15 is 0 Å². The van der Waals surface area contributed by atoms with Crippen LogP contribution in [0.1, 0.15) is 26.3 Å². The molecule has 0 unspecified atom stereocenters. The third kappa shape index (κ3) is 3.83. The maximum atomic E-state index is 11.6. The van der Waals surface area contributed by atoms with Gasteiger partial charge in [0.1, 0.15) is 16.7 Å². The maximum absolute atomic E-state index is 11.6. The van der Waals surface area contributed by atoms with Crippen LogP contribution in [0, 0.1) is 0 Å². The lowest BCUT2D eigenvalue weighted by molar-refractivity contribution is 0.475. The molecule has 0 amide bonds. The van der Waals surface area contributed by atoms with Gasteiger partial charge in [0.25, 0.3) is 0 Å².